The molecule has 94 valence electrons. The van der Waals surface area contributed by atoms with Crippen LogP contribution in [0.2, 0.25) is 0 Å². The number of nitrogens with one attached hydrogen (secondary N) is 1. The molecule has 2 fully saturated rings. The molecule has 1 saturated carbocycles. The maximum absolute atomic E-state index is 12.3. The van der Waals surface area contributed by atoms with E-state index in [0.29, 0.717) is 18.6 Å². The normalized spacial score (nSPS) is 22.0. The summed E-state index contributed by atoms with van der Waals surface area (Å²) in [6.45, 7) is 0.0622. The third-order valence-electron chi connectivity index (χ3n) is 3.66. The van der Waals surface area contributed by atoms with Crippen molar-refractivity contribution in [2.24, 2.45) is 5.41 Å². The standard InChI is InChI=1S/C12H12N2O4/c15-9-12(4-2-5-12)10(16)14(11(17)13-9)7-8-3-1-6-18-8/h1,3,6H,2,4-5,7H2,(H,13,15,17). The highest BCUT2D eigenvalue weighted by molar-refractivity contribution is 6.19. The Morgan fingerprint density at radius 2 is 2.11 bits per heavy atom. The van der Waals surface area contributed by atoms with E-state index in [2.05, 4.69) is 5.32 Å². The van der Waals surface area contributed by atoms with E-state index >= 15 is 0 Å². The van der Waals surface area contributed by atoms with Crippen LogP contribution in [0.4, 0.5) is 4.79 Å². The van der Waals surface area contributed by atoms with Crippen LogP contribution in [-0.2, 0) is 16.1 Å². The first-order chi connectivity index (χ1) is 8.63. The average Bonchev–Trinajstić information content (AvgIpc) is 2.74. The maximum atomic E-state index is 12.3. The van der Waals surface area contributed by atoms with Crippen molar-refractivity contribution in [3.8, 4) is 0 Å². The van der Waals surface area contributed by atoms with E-state index in [0.717, 1.165) is 11.3 Å². The molecule has 6 nitrogen and oxygen atoms in total. The number of rotatable bonds is 2. The monoisotopic (exact) mass is 248 g/mol. The molecule has 6 heteroatoms. The van der Waals surface area contributed by atoms with E-state index in [4.69, 9.17) is 4.42 Å². The minimum Gasteiger partial charge on any atom is -0.467 e. The van der Waals surface area contributed by atoms with Gasteiger partial charge in [0, 0.05) is 0 Å². The number of hydrogen-bond donors (Lipinski definition) is 1. The van der Waals surface area contributed by atoms with Crippen LogP contribution < -0.4 is 5.32 Å². The fourth-order valence-corrected chi connectivity index (χ4v) is 2.41. The summed E-state index contributed by atoms with van der Waals surface area (Å²) < 4.78 is 5.12. The summed E-state index contributed by atoms with van der Waals surface area (Å²) in [7, 11) is 0. The summed E-state index contributed by atoms with van der Waals surface area (Å²) in [5, 5.41) is 2.25. The van der Waals surface area contributed by atoms with Crippen LogP contribution in [0.5, 0.6) is 0 Å². The molecule has 1 N–H and O–H groups in total. The van der Waals surface area contributed by atoms with Gasteiger partial charge in [-0.05, 0) is 25.0 Å². The molecular formula is C12H12N2O4. The molecule has 1 aromatic rings. The molecular weight excluding hydrogens is 236 g/mol. The van der Waals surface area contributed by atoms with Gasteiger partial charge < -0.3 is 4.42 Å². The molecule has 2 heterocycles. The van der Waals surface area contributed by atoms with Gasteiger partial charge in [-0.1, -0.05) is 6.42 Å². The van der Waals surface area contributed by atoms with Gasteiger partial charge >= 0.3 is 6.03 Å². The zero-order chi connectivity index (χ0) is 12.8. The smallest absolute Gasteiger partial charge is 0.331 e. The summed E-state index contributed by atoms with van der Waals surface area (Å²) in [6.07, 6.45) is 3.34. The quantitative estimate of drug-likeness (QED) is 0.793. The lowest BCUT2D eigenvalue weighted by molar-refractivity contribution is -0.158. The highest BCUT2D eigenvalue weighted by Crippen LogP contribution is 2.44. The van der Waals surface area contributed by atoms with Crippen molar-refractivity contribution in [3.05, 3.63) is 24.2 Å². The number of hydrogen-bond acceptors (Lipinski definition) is 4. The first-order valence-corrected chi connectivity index (χ1v) is 5.83. The second kappa shape index (κ2) is 3.69. The molecule has 1 saturated heterocycles. The molecule has 0 bridgehead atoms. The van der Waals surface area contributed by atoms with Crippen molar-refractivity contribution in [3.63, 3.8) is 0 Å². The Kier molecular flexibility index (Phi) is 2.26. The third kappa shape index (κ3) is 1.38. The number of amides is 4. The van der Waals surface area contributed by atoms with Gasteiger partial charge in [-0.25, -0.2) is 4.79 Å². The van der Waals surface area contributed by atoms with Crippen LogP contribution >= 0.6 is 0 Å². The van der Waals surface area contributed by atoms with Crippen LogP contribution in [0, 0.1) is 5.41 Å². The average molecular weight is 248 g/mol. The topological polar surface area (TPSA) is 79.6 Å². The van der Waals surface area contributed by atoms with E-state index in [-0.39, 0.29) is 6.54 Å². The van der Waals surface area contributed by atoms with Gasteiger partial charge in [-0.3, -0.25) is 19.8 Å². The van der Waals surface area contributed by atoms with Crippen molar-refractivity contribution in [1.82, 2.24) is 10.2 Å². The molecule has 1 aliphatic heterocycles. The van der Waals surface area contributed by atoms with E-state index in [1.165, 1.54) is 6.26 Å². The molecule has 4 amide bonds. The number of furan rings is 1. The van der Waals surface area contributed by atoms with Crippen molar-refractivity contribution in [1.29, 1.82) is 0 Å². The van der Waals surface area contributed by atoms with Crippen LogP contribution in [0.25, 0.3) is 0 Å². The van der Waals surface area contributed by atoms with E-state index in [1.54, 1.807) is 12.1 Å². The SMILES string of the molecule is O=C1NC(=O)C2(CCC2)C(=O)N1Cc1ccco1. The maximum Gasteiger partial charge on any atom is 0.331 e. The Balaban J connectivity index is 1.87. The molecule has 1 aromatic heterocycles. The lowest BCUT2D eigenvalue weighted by atomic mass is 9.66. The van der Waals surface area contributed by atoms with Gasteiger partial charge in [0.15, 0.2) is 0 Å². The Hall–Kier alpha value is -2.11. The lowest BCUT2D eigenvalue weighted by Crippen LogP contribution is -2.65. The number of imide groups is 2. The summed E-state index contributed by atoms with van der Waals surface area (Å²) in [5.74, 6) is -0.347. The Morgan fingerprint density at radius 3 is 2.67 bits per heavy atom. The molecule has 1 spiro atoms. The van der Waals surface area contributed by atoms with Crippen LogP contribution in [0.1, 0.15) is 25.0 Å². The minimum atomic E-state index is -1.01. The number of carbonyl (C=O) groups is 3. The number of barbiturate groups is 1. The van der Waals surface area contributed by atoms with Gasteiger partial charge in [0.25, 0.3) is 0 Å². The highest BCUT2D eigenvalue weighted by atomic mass is 16.3. The molecule has 0 atom stereocenters. The van der Waals surface area contributed by atoms with Gasteiger partial charge in [0.2, 0.25) is 11.8 Å². The van der Waals surface area contributed by atoms with Crippen molar-refractivity contribution in [2.75, 3.05) is 0 Å². The predicted molar refractivity (Wildman–Crippen MR) is 59.1 cm³/mol. The first kappa shape index (κ1) is 11.0. The zero-order valence-corrected chi connectivity index (χ0v) is 9.64. The molecule has 0 unspecified atom stereocenters. The lowest BCUT2D eigenvalue weighted by Gasteiger charge is -2.44. The van der Waals surface area contributed by atoms with Crippen LogP contribution in [0.3, 0.4) is 0 Å². The number of urea groups is 1. The fourth-order valence-electron chi connectivity index (χ4n) is 2.41. The van der Waals surface area contributed by atoms with Crippen molar-refractivity contribution < 1.29 is 18.8 Å². The van der Waals surface area contributed by atoms with E-state index < -0.39 is 23.3 Å². The second-order valence-electron chi connectivity index (χ2n) is 4.67. The van der Waals surface area contributed by atoms with Gasteiger partial charge in [0.1, 0.15) is 11.2 Å². The molecule has 2 aliphatic rings. The summed E-state index contributed by atoms with van der Waals surface area (Å²) >= 11 is 0. The van der Waals surface area contributed by atoms with Crippen molar-refractivity contribution in [2.45, 2.75) is 25.8 Å². The number of carbonyl (C=O) groups excluding carboxylic acids is 3. The van der Waals surface area contributed by atoms with Gasteiger partial charge in [-0.2, -0.15) is 0 Å². The number of nitrogens with zero attached hydrogens (tertiary/aromatic N) is 1. The summed E-state index contributed by atoms with van der Waals surface area (Å²) in [6, 6.07) is 2.70. The largest absolute Gasteiger partial charge is 0.467 e. The molecule has 18 heavy (non-hydrogen) atoms. The molecule has 1 aliphatic carbocycles. The Bertz CT molecular complexity index is 516. The van der Waals surface area contributed by atoms with E-state index in [1.807, 2.05) is 0 Å². The minimum absolute atomic E-state index is 0.0622. The Labute approximate surface area is 103 Å². The summed E-state index contributed by atoms with van der Waals surface area (Å²) in [5.41, 5.74) is -1.01. The van der Waals surface area contributed by atoms with Crippen LogP contribution in [-0.4, -0.2) is 22.7 Å². The van der Waals surface area contributed by atoms with Gasteiger partial charge in [-0.15, -0.1) is 0 Å². The van der Waals surface area contributed by atoms with Gasteiger partial charge in [0.05, 0.1) is 12.8 Å². The second-order valence-corrected chi connectivity index (χ2v) is 4.67. The summed E-state index contributed by atoms with van der Waals surface area (Å²) in [4.78, 5) is 36.8. The highest BCUT2D eigenvalue weighted by Gasteiger charge is 2.57. The fraction of sp³-hybridized carbons (Fsp3) is 0.417. The van der Waals surface area contributed by atoms with Crippen LogP contribution in [0.15, 0.2) is 22.8 Å². The first-order valence-electron chi connectivity index (χ1n) is 5.83. The zero-order valence-electron chi connectivity index (χ0n) is 9.64. The Morgan fingerprint density at radius 1 is 1.33 bits per heavy atom. The molecule has 0 aromatic carbocycles. The predicted octanol–water partition coefficient (Wildman–Crippen LogP) is 1.03. The van der Waals surface area contributed by atoms with Crippen molar-refractivity contribution >= 4 is 17.8 Å². The van der Waals surface area contributed by atoms with E-state index in [9.17, 15) is 14.4 Å². The molecule has 3 rings (SSSR count). The molecule has 0 radical (unpaired) electrons. The third-order valence-corrected chi connectivity index (χ3v) is 3.66.